The third-order valence-corrected chi connectivity index (χ3v) is 3.10. The van der Waals surface area contributed by atoms with Crippen LogP contribution >= 0.6 is 0 Å². The highest BCUT2D eigenvalue weighted by Gasteiger charge is 2.16. The molecule has 1 saturated heterocycles. The Morgan fingerprint density at radius 3 is 2.88 bits per heavy atom. The minimum atomic E-state index is -0.241. The highest BCUT2D eigenvalue weighted by molar-refractivity contribution is 5.24. The van der Waals surface area contributed by atoms with Crippen LogP contribution in [-0.4, -0.2) is 37.6 Å². The quantitative estimate of drug-likeness (QED) is 0.746. The van der Waals surface area contributed by atoms with Crippen LogP contribution in [0.2, 0.25) is 0 Å². The Balaban J connectivity index is 1.87. The Morgan fingerprint density at radius 1 is 1.35 bits per heavy atom. The van der Waals surface area contributed by atoms with Crippen LogP contribution in [0.5, 0.6) is 0 Å². The smallest absolute Gasteiger partial charge is 0.317 e. The number of H-pyrrole nitrogens is 1. The van der Waals surface area contributed by atoms with Gasteiger partial charge in [0.2, 0.25) is 0 Å². The van der Waals surface area contributed by atoms with Gasteiger partial charge in [-0.1, -0.05) is 0 Å². The summed E-state index contributed by atoms with van der Waals surface area (Å²) in [5, 5.41) is 13.7. The highest BCUT2D eigenvalue weighted by Crippen LogP contribution is 2.18. The molecule has 0 atom stereocenters. The van der Waals surface area contributed by atoms with Crippen molar-refractivity contribution in [3.63, 3.8) is 0 Å². The fourth-order valence-corrected chi connectivity index (χ4v) is 2.16. The predicted molar refractivity (Wildman–Crippen MR) is 61.1 cm³/mol. The average Bonchev–Trinajstić information content (AvgIpc) is 2.98. The summed E-state index contributed by atoms with van der Waals surface area (Å²) in [5.41, 5.74) is 0.511. The number of hydrogen-bond acceptors (Lipinski definition) is 4. The summed E-state index contributed by atoms with van der Waals surface area (Å²) < 4.78 is 3.39. The molecule has 1 aliphatic heterocycles. The second kappa shape index (κ2) is 4.17. The Hall–Kier alpha value is -1.89. The standard InChI is InChI=1S/C10H14N6O/c17-10-14-12-7-15(10)9-5-13-16(6-9)8-1-3-11-4-2-8/h5-8,11H,1-4H2,(H,14,17). The highest BCUT2D eigenvalue weighted by atomic mass is 16.1. The average molecular weight is 234 g/mol. The maximum atomic E-state index is 11.4. The molecular formula is C10H14N6O. The lowest BCUT2D eigenvalue weighted by Gasteiger charge is -2.22. The van der Waals surface area contributed by atoms with Crippen LogP contribution in [0, 0.1) is 0 Å². The fourth-order valence-electron chi connectivity index (χ4n) is 2.16. The maximum absolute atomic E-state index is 11.4. The summed E-state index contributed by atoms with van der Waals surface area (Å²) in [4.78, 5) is 11.4. The molecule has 1 aliphatic rings. The molecule has 3 heterocycles. The SMILES string of the molecule is O=c1[nH]ncn1-c1cnn(C2CCNCC2)c1. The van der Waals surface area contributed by atoms with E-state index in [1.54, 1.807) is 6.20 Å². The molecule has 7 heteroatoms. The number of rotatable bonds is 2. The number of nitrogens with zero attached hydrogens (tertiary/aromatic N) is 4. The van der Waals surface area contributed by atoms with Crippen LogP contribution in [0.25, 0.3) is 5.69 Å². The zero-order valence-electron chi connectivity index (χ0n) is 9.33. The largest absolute Gasteiger partial charge is 0.347 e. The second-order valence-corrected chi connectivity index (χ2v) is 4.19. The molecule has 7 nitrogen and oxygen atoms in total. The van der Waals surface area contributed by atoms with E-state index in [1.165, 1.54) is 10.9 Å². The van der Waals surface area contributed by atoms with Gasteiger partial charge < -0.3 is 5.32 Å². The van der Waals surface area contributed by atoms with Crippen LogP contribution in [0.15, 0.2) is 23.5 Å². The minimum Gasteiger partial charge on any atom is -0.317 e. The summed E-state index contributed by atoms with van der Waals surface area (Å²) >= 11 is 0. The first kappa shape index (κ1) is 10.3. The first-order valence-electron chi connectivity index (χ1n) is 5.72. The number of piperidine rings is 1. The molecule has 2 aromatic heterocycles. The van der Waals surface area contributed by atoms with Crippen LogP contribution < -0.4 is 11.0 Å². The van der Waals surface area contributed by atoms with Crippen molar-refractivity contribution in [3.8, 4) is 5.69 Å². The van der Waals surface area contributed by atoms with E-state index in [0.29, 0.717) is 6.04 Å². The van der Waals surface area contributed by atoms with Gasteiger partial charge >= 0.3 is 5.69 Å². The molecule has 90 valence electrons. The molecule has 3 rings (SSSR count). The van der Waals surface area contributed by atoms with Crippen molar-refractivity contribution in [2.75, 3.05) is 13.1 Å². The number of aromatic amines is 1. The lowest BCUT2D eigenvalue weighted by Crippen LogP contribution is -2.29. The monoisotopic (exact) mass is 234 g/mol. The number of nitrogens with one attached hydrogen (secondary N) is 2. The molecular weight excluding hydrogens is 220 g/mol. The van der Waals surface area contributed by atoms with Crippen molar-refractivity contribution >= 4 is 0 Å². The van der Waals surface area contributed by atoms with E-state index < -0.39 is 0 Å². The normalized spacial score (nSPS) is 17.4. The van der Waals surface area contributed by atoms with Crippen LogP contribution in [0.4, 0.5) is 0 Å². The van der Waals surface area contributed by atoms with Crippen molar-refractivity contribution < 1.29 is 0 Å². The van der Waals surface area contributed by atoms with Gasteiger partial charge in [0.25, 0.3) is 0 Å². The van der Waals surface area contributed by atoms with E-state index in [-0.39, 0.29) is 5.69 Å². The van der Waals surface area contributed by atoms with Crippen molar-refractivity contribution in [1.82, 2.24) is 29.9 Å². The van der Waals surface area contributed by atoms with Crippen LogP contribution in [-0.2, 0) is 0 Å². The van der Waals surface area contributed by atoms with Gasteiger partial charge in [-0.25, -0.2) is 14.5 Å². The maximum Gasteiger partial charge on any atom is 0.347 e. The molecule has 0 amide bonds. The topological polar surface area (TPSA) is 80.5 Å². The molecule has 0 bridgehead atoms. The molecule has 0 unspecified atom stereocenters. The summed E-state index contributed by atoms with van der Waals surface area (Å²) in [6, 6.07) is 0.424. The third kappa shape index (κ3) is 1.89. The van der Waals surface area contributed by atoms with E-state index in [9.17, 15) is 4.79 Å². The van der Waals surface area contributed by atoms with Gasteiger partial charge in [-0.15, -0.1) is 0 Å². The molecule has 0 saturated carbocycles. The summed E-state index contributed by atoms with van der Waals surface area (Å²) in [5.74, 6) is 0. The van der Waals surface area contributed by atoms with Gasteiger partial charge in [0.05, 0.1) is 17.9 Å². The zero-order valence-corrected chi connectivity index (χ0v) is 9.33. The lowest BCUT2D eigenvalue weighted by atomic mass is 10.1. The Bertz CT molecular complexity index is 547. The van der Waals surface area contributed by atoms with Crippen molar-refractivity contribution in [3.05, 3.63) is 29.2 Å². The van der Waals surface area contributed by atoms with Crippen molar-refractivity contribution in [2.45, 2.75) is 18.9 Å². The second-order valence-electron chi connectivity index (χ2n) is 4.19. The van der Waals surface area contributed by atoms with Gasteiger partial charge in [0, 0.05) is 6.20 Å². The fraction of sp³-hybridized carbons (Fsp3) is 0.500. The predicted octanol–water partition coefficient (Wildman–Crippen LogP) is -0.318. The van der Waals surface area contributed by atoms with Gasteiger partial charge in [0.1, 0.15) is 6.33 Å². The molecule has 0 aromatic carbocycles. The molecule has 0 radical (unpaired) electrons. The van der Waals surface area contributed by atoms with Gasteiger partial charge in [-0.05, 0) is 25.9 Å². The number of aromatic nitrogens is 5. The molecule has 0 spiro atoms. The Kier molecular flexibility index (Phi) is 2.52. The summed E-state index contributed by atoms with van der Waals surface area (Å²) in [6.45, 7) is 2.04. The lowest BCUT2D eigenvalue weighted by molar-refractivity contribution is 0.343. The number of hydrogen-bond donors (Lipinski definition) is 2. The molecule has 2 N–H and O–H groups in total. The van der Waals surface area contributed by atoms with E-state index >= 15 is 0 Å². The van der Waals surface area contributed by atoms with Crippen LogP contribution in [0.3, 0.4) is 0 Å². The first-order valence-corrected chi connectivity index (χ1v) is 5.72. The van der Waals surface area contributed by atoms with Gasteiger partial charge in [0.15, 0.2) is 0 Å². The minimum absolute atomic E-state index is 0.241. The van der Waals surface area contributed by atoms with Gasteiger partial charge in [-0.2, -0.15) is 10.2 Å². The van der Waals surface area contributed by atoms with E-state index in [1.807, 2.05) is 10.9 Å². The Morgan fingerprint density at radius 2 is 2.18 bits per heavy atom. The first-order chi connectivity index (χ1) is 8.34. The van der Waals surface area contributed by atoms with E-state index in [0.717, 1.165) is 31.6 Å². The summed E-state index contributed by atoms with van der Waals surface area (Å²) in [6.07, 6.45) is 7.20. The van der Waals surface area contributed by atoms with Crippen molar-refractivity contribution in [1.29, 1.82) is 0 Å². The molecule has 17 heavy (non-hydrogen) atoms. The summed E-state index contributed by atoms with van der Waals surface area (Å²) in [7, 11) is 0. The van der Waals surface area contributed by atoms with Crippen LogP contribution in [0.1, 0.15) is 18.9 Å². The molecule has 1 fully saturated rings. The third-order valence-electron chi connectivity index (χ3n) is 3.10. The van der Waals surface area contributed by atoms with Crippen molar-refractivity contribution in [2.24, 2.45) is 0 Å². The zero-order chi connectivity index (χ0) is 11.7. The molecule has 0 aliphatic carbocycles. The van der Waals surface area contributed by atoms with Gasteiger partial charge in [-0.3, -0.25) is 4.68 Å². The van der Waals surface area contributed by atoms with E-state index in [4.69, 9.17) is 0 Å². The van der Waals surface area contributed by atoms with E-state index in [2.05, 4.69) is 20.6 Å². The molecule has 2 aromatic rings. The Labute approximate surface area is 97.5 Å².